The largest absolute Gasteiger partial charge is 0.507 e. The number of hydrogen-bond donors (Lipinski definition) is 2. The lowest BCUT2D eigenvalue weighted by atomic mass is 10.1. The number of nitrogens with one attached hydrogen (secondary N) is 1. The Morgan fingerprint density at radius 3 is 2.65 bits per heavy atom. The molecule has 0 bridgehead atoms. The van der Waals surface area contributed by atoms with Gasteiger partial charge in [0.25, 0.3) is 0 Å². The Morgan fingerprint density at radius 2 is 2.00 bits per heavy atom. The van der Waals surface area contributed by atoms with Crippen molar-refractivity contribution in [2.75, 3.05) is 7.11 Å². The molecule has 0 aliphatic heterocycles. The summed E-state index contributed by atoms with van der Waals surface area (Å²) in [5, 5.41) is 14.0. The van der Waals surface area contributed by atoms with E-state index in [1.54, 1.807) is 13.2 Å². The third-order valence-corrected chi connectivity index (χ3v) is 3.61. The maximum atomic E-state index is 9.91. The van der Waals surface area contributed by atoms with Crippen LogP contribution in [0, 0.1) is 0 Å². The van der Waals surface area contributed by atoms with E-state index in [0.29, 0.717) is 12.3 Å². The molecule has 0 saturated heterocycles. The molecule has 0 amide bonds. The van der Waals surface area contributed by atoms with Gasteiger partial charge in [0, 0.05) is 29.2 Å². The summed E-state index contributed by atoms with van der Waals surface area (Å²) in [6.45, 7) is 2.60. The van der Waals surface area contributed by atoms with Crippen LogP contribution in [-0.4, -0.2) is 12.2 Å². The van der Waals surface area contributed by atoms with Gasteiger partial charge >= 0.3 is 0 Å². The van der Waals surface area contributed by atoms with Crippen molar-refractivity contribution in [3.05, 3.63) is 58.6 Å². The minimum absolute atomic E-state index is 0.102. The fourth-order valence-electron chi connectivity index (χ4n) is 2.02. The molecule has 2 rings (SSSR count). The summed E-state index contributed by atoms with van der Waals surface area (Å²) >= 11 is 6.17. The van der Waals surface area contributed by atoms with Crippen LogP contribution in [0.5, 0.6) is 11.5 Å². The molecule has 1 atom stereocenters. The lowest BCUT2D eigenvalue weighted by Gasteiger charge is -2.16. The second-order valence-electron chi connectivity index (χ2n) is 4.62. The van der Waals surface area contributed by atoms with E-state index in [1.165, 1.54) is 0 Å². The molecular formula is C16H18ClNO2. The topological polar surface area (TPSA) is 41.5 Å². The molecule has 0 spiro atoms. The average molecular weight is 292 g/mol. The number of aromatic hydroxyl groups is 1. The summed E-state index contributed by atoms with van der Waals surface area (Å²) in [5.41, 5.74) is 1.87. The predicted molar refractivity (Wildman–Crippen MR) is 81.4 cm³/mol. The molecule has 0 aliphatic carbocycles. The van der Waals surface area contributed by atoms with E-state index in [9.17, 15) is 5.11 Å². The Kier molecular flexibility index (Phi) is 4.88. The summed E-state index contributed by atoms with van der Waals surface area (Å²) in [6, 6.07) is 13.1. The van der Waals surface area contributed by atoms with Crippen LogP contribution in [0.2, 0.25) is 5.02 Å². The van der Waals surface area contributed by atoms with Crippen LogP contribution in [0.15, 0.2) is 42.5 Å². The highest BCUT2D eigenvalue weighted by Crippen LogP contribution is 2.25. The van der Waals surface area contributed by atoms with E-state index >= 15 is 0 Å². The fraction of sp³-hybridized carbons (Fsp3) is 0.250. The Morgan fingerprint density at radius 1 is 1.25 bits per heavy atom. The van der Waals surface area contributed by atoms with Crippen molar-refractivity contribution in [2.24, 2.45) is 0 Å². The zero-order valence-corrected chi connectivity index (χ0v) is 12.3. The lowest BCUT2D eigenvalue weighted by molar-refractivity contribution is 0.405. The highest BCUT2D eigenvalue weighted by Gasteiger charge is 2.10. The zero-order valence-electron chi connectivity index (χ0n) is 11.6. The van der Waals surface area contributed by atoms with Gasteiger partial charge in [0.05, 0.1) is 7.11 Å². The average Bonchev–Trinajstić information content (AvgIpc) is 2.46. The van der Waals surface area contributed by atoms with Crippen LogP contribution in [-0.2, 0) is 6.54 Å². The van der Waals surface area contributed by atoms with Gasteiger partial charge in [0.1, 0.15) is 11.5 Å². The number of phenols is 1. The first-order chi connectivity index (χ1) is 9.61. The zero-order chi connectivity index (χ0) is 14.5. The Balaban J connectivity index is 2.04. The molecule has 2 aromatic carbocycles. The van der Waals surface area contributed by atoms with Gasteiger partial charge in [-0.15, -0.1) is 0 Å². The van der Waals surface area contributed by atoms with Crippen molar-refractivity contribution in [2.45, 2.75) is 19.5 Å². The first-order valence-electron chi connectivity index (χ1n) is 6.45. The van der Waals surface area contributed by atoms with Crippen molar-refractivity contribution in [1.29, 1.82) is 0 Å². The number of rotatable bonds is 5. The molecule has 2 aromatic rings. The smallest absolute Gasteiger partial charge is 0.123 e. The molecule has 0 fully saturated rings. The number of ether oxygens (including phenoxy) is 1. The summed E-state index contributed by atoms with van der Waals surface area (Å²) in [5.74, 6) is 0.869. The van der Waals surface area contributed by atoms with Gasteiger partial charge in [-0.3, -0.25) is 0 Å². The van der Waals surface area contributed by atoms with Crippen molar-refractivity contribution in [3.63, 3.8) is 0 Å². The molecule has 2 N–H and O–H groups in total. The van der Waals surface area contributed by atoms with E-state index in [1.807, 2.05) is 43.3 Å². The van der Waals surface area contributed by atoms with E-state index in [4.69, 9.17) is 16.3 Å². The third-order valence-electron chi connectivity index (χ3n) is 3.26. The first-order valence-corrected chi connectivity index (χ1v) is 6.83. The molecule has 0 unspecified atom stereocenters. The molecule has 0 radical (unpaired) electrons. The number of benzene rings is 2. The molecule has 0 saturated carbocycles. The third kappa shape index (κ3) is 3.44. The second kappa shape index (κ2) is 6.64. The van der Waals surface area contributed by atoms with Gasteiger partial charge < -0.3 is 15.2 Å². The van der Waals surface area contributed by atoms with E-state index in [-0.39, 0.29) is 11.8 Å². The monoisotopic (exact) mass is 291 g/mol. The number of phenolic OH excluding ortho intramolecular Hbond substituents is 1. The molecule has 0 aliphatic rings. The summed E-state index contributed by atoms with van der Waals surface area (Å²) in [4.78, 5) is 0. The second-order valence-corrected chi connectivity index (χ2v) is 5.03. The van der Waals surface area contributed by atoms with Gasteiger partial charge in [-0.2, -0.15) is 0 Å². The van der Waals surface area contributed by atoms with Gasteiger partial charge in [-0.05, 0) is 24.6 Å². The van der Waals surface area contributed by atoms with Crippen LogP contribution >= 0.6 is 11.6 Å². The maximum Gasteiger partial charge on any atom is 0.123 e. The van der Waals surface area contributed by atoms with Crippen LogP contribution in [0.4, 0.5) is 0 Å². The SMILES string of the molecule is COc1ccc(CN[C@H](C)c2ccccc2Cl)c(O)c1. The van der Waals surface area contributed by atoms with Gasteiger partial charge in [0.15, 0.2) is 0 Å². The quantitative estimate of drug-likeness (QED) is 0.878. The van der Waals surface area contributed by atoms with Crippen molar-refractivity contribution in [1.82, 2.24) is 5.32 Å². The standard InChI is InChI=1S/C16H18ClNO2/c1-11(14-5-3-4-6-15(14)17)18-10-12-7-8-13(20-2)9-16(12)19/h3-9,11,18-19H,10H2,1-2H3/t11-/m1/s1. The van der Waals surface area contributed by atoms with E-state index < -0.39 is 0 Å². The van der Waals surface area contributed by atoms with E-state index in [0.717, 1.165) is 16.1 Å². The number of hydrogen-bond acceptors (Lipinski definition) is 3. The molecule has 20 heavy (non-hydrogen) atoms. The minimum atomic E-state index is 0.102. The molecule has 106 valence electrons. The first kappa shape index (κ1) is 14.7. The maximum absolute atomic E-state index is 9.91. The summed E-state index contributed by atoms with van der Waals surface area (Å²) in [6.07, 6.45) is 0. The molecule has 4 heteroatoms. The molecule has 0 heterocycles. The number of halogens is 1. The lowest BCUT2D eigenvalue weighted by Crippen LogP contribution is -2.18. The van der Waals surface area contributed by atoms with Gasteiger partial charge in [0.2, 0.25) is 0 Å². The predicted octanol–water partition coefficient (Wildman–Crippen LogP) is 3.91. The van der Waals surface area contributed by atoms with Crippen LogP contribution in [0.25, 0.3) is 0 Å². The highest BCUT2D eigenvalue weighted by atomic mass is 35.5. The Bertz CT molecular complexity index is 586. The fourth-order valence-corrected chi connectivity index (χ4v) is 2.32. The van der Waals surface area contributed by atoms with Crippen molar-refractivity contribution >= 4 is 11.6 Å². The minimum Gasteiger partial charge on any atom is -0.507 e. The van der Waals surface area contributed by atoms with Gasteiger partial charge in [-0.25, -0.2) is 0 Å². The van der Waals surface area contributed by atoms with Crippen LogP contribution in [0.3, 0.4) is 0 Å². The Labute approximate surface area is 124 Å². The van der Waals surface area contributed by atoms with E-state index in [2.05, 4.69) is 5.32 Å². The Hall–Kier alpha value is -1.71. The molecule has 3 nitrogen and oxygen atoms in total. The summed E-state index contributed by atoms with van der Waals surface area (Å²) in [7, 11) is 1.58. The van der Waals surface area contributed by atoms with Crippen LogP contribution < -0.4 is 10.1 Å². The van der Waals surface area contributed by atoms with Crippen molar-refractivity contribution < 1.29 is 9.84 Å². The summed E-state index contributed by atoms with van der Waals surface area (Å²) < 4.78 is 5.06. The van der Waals surface area contributed by atoms with Crippen LogP contribution in [0.1, 0.15) is 24.1 Å². The molecular weight excluding hydrogens is 274 g/mol. The number of methoxy groups -OCH3 is 1. The molecule has 0 aromatic heterocycles. The van der Waals surface area contributed by atoms with Gasteiger partial charge in [-0.1, -0.05) is 35.9 Å². The normalized spacial score (nSPS) is 12.2. The highest BCUT2D eigenvalue weighted by molar-refractivity contribution is 6.31. The van der Waals surface area contributed by atoms with Crippen molar-refractivity contribution in [3.8, 4) is 11.5 Å².